The van der Waals surface area contributed by atoms with E-state index in [-0.39, 0.29) is 12.3 Å². The number of unbranched alkanes of at least 4 members (excludes halogenated alkanes) is 2. The highest BCUT2D eigenvalue weighted by Gasteiger charge is 2.31. The number of benzene rings is 1. The quantitative estimate of drug-likeness (QED) is 0.291. The van der Waals surface area contributed by atoms with Gasteiger partial charge in [-0.05, 0) is 43.5 Å². The average Bonchev–Trinajstić information content (AvgIpc) is 2.87. The molecule has 1 aromatic rings. The van der Waals surface area contributed by atoms with E-state index in [9.17, 15) is 9.59 Å². The summed E-state index contributed by atoms with van der Waals surface area (Å²) in [5.74, 6) is -0.165. The topological polar surface area (TPSA) is 66.8 Å². The Labute approximate surface area is 177 Å². The predicted molar refractivity (Wildman–Crippen MR) is 116 cm³/mol. The van der Waals surface area contributed by atoms with E-state index in [0.717, 1.165) is 35.0 Å². The van der Waals surface area contributed by atoms with Gasteiger partial charge >= 0.3 is 5.97 Å². The third kappa shape index (κ3) is 6.62. The molecule has 0 atom stereocenters. The summed E-state index contributed by atoms with van der Waals surface area (Å²) in [6, 6.07) is 5.71. The van der Waals surface area contributed by atoms with E-state index >= 15 is 0 Å². The molecule has 1 fully saturated rings. The monoisotopic (exact) mass is 471 g/mol. The second kappa shape index (κ2) is 10.8. The molecule has 0 bridgehead atoms. The normalized spacial score (nSPS) is 15.6. The van der Waals surface area contributed by atoms with Crippen molar-refractivity contribution < 1.29 is 19.4 Å². The number of carboxylic acid groups (broad SMARTS) is 1. The van der Waals surface area contributed by atoms with E-state index in [4.69, 9.17) is 22.1 Å². The molecule has 1 aliphatic rings. The van der Waals surface area contributed by atoms with Gasteiger partial charge in [-0.25, -0.2) is 0 Å². The third-order valence-electron chi connectivity index (χ3n) is 3.87. The van der Waals surface area contributed by atoms with Crippen LogP contribution in [0, 0.1) is 0 Å². The van der Waals surface area contributed by atoms with Crippen molar-refractivity contribution in [1.29, 1.82) is 0 Å². The van der Waals surface area contributed by atoms with Crippen LogP contribution in [0.5, 0.6) is 5.75 Å². The van der Waals surface area contributed by atoms with Crippen LogP contribution in [0.4, 0.5) is 0 Å². The number of amides is 1. The molecule has 1 amide bonds. The maximum Gasteiger partial charge on any atom is 0.303 e. The van der Waals surface area contributed by atoms with Crippen LogP contribution in [-0.2, 0) is 9.59 Å². The van der Waals surface area contributed by atoms with Crippen molar-refractivity contribution in [3.8, 4) is 5.75 Å². The van der Waals surface area contributed by atoms with Crippen LogP contribution >= 0.6 is 39.9 Å². The lowest BCUT2D eigenvalue weighted by molar-refractivity contribution is -0.137. The van der Waals surface area contributed by atoms with Gasteiger partial charge < -0.3 is 9.84 Å². The molecule has 1 saturated heterocycles. The molecule has 0 radical (unpaired) electrons. The van der Waals surface area contributed by atoms with Crippen LogP contribution in [0.2, 0.25) is 0 Å². The summed E-state index contributed by atoms with van der Waals surface area (Å²) in [5, 5.41) is 8.67. The minimum absolute atomic E-state index is 0.107. The molecule has 1 heterocycles. The van der Waals surface area contributed by atoms with Crippen LogP contribution < -0.4 is 4.74 Å². The number of nitrogens with zero attached hydrogens (tertiary/aromatic N) is 1. The molecule has 0 aliphatic carbocycles. The van der Waals surface area contributed by atoms with Crippen molar-refractivity contribution >= 4 is 62.2 Å². The number of aliphatic carboxylic acids is 1. The van der Waals surface area contributed by atoms with Gasteiger partial charge in [0.1, 0.15) is 10.1 Å². The largest absolute Gasteiger partial charge is 0.493 e. The molecule has 8 heteroatoms. The number of ether oxygens (including phenoxy) is 1. The highest BCUT2D eigenvalue weighted by atomic mass is 79.9. The summed E-state index contributed by atoms with van der Waals surface area (Å²) in [5.41, 5.74) is 0.833. The number of carbonyl (C=O) groups excluding carboxylic acids is 1. The molecular weight excluding hydrogens is 450 g/mol. The molecule has 0 saturated carbocycles. The predicted octanol–water partition coefficient (Wildman–Crippen LogP) is 5.08. The van der Waals surface area contributed by atoms with Crippen LogP contribution in [0.25, 0.3) is 6.08 Å². The number of carbonyl (C=O) groups is 2. The van der Waals surface area contributed by atoms with Crippen LogP contribution in [0.1, 0.15) is 44.6 Å². The summed E-state index contributed by atoms with van der Waals surface area (Å²) in [7, 11) is 0. The van der Waals surface area contributed by atoms with Gasteiger partial charge in [0.25, 0.3) is 5.91 Å². The summed E-state index contributed by atoms with van der Waals surface area (Å²) in [4.78, 5) is 25.4. The summed E-state index contributed by atoms with van der Waals surface area (Å²) in [6.45, 7) is 3.17. The standard InChI is InChI=1S/C19H22BrNO4S2/c1-2-10-25-15-8-7-14(20)11-13(15)12-16-18(24)21(19(26)27-16)9-5-3-4-6-17(22)23/h7-8,11-12H,2-6,9-10H2,1H3,(H,22,23)/b16-12-. The van der Waals surface area contributed by atoms with E-state index in [0.29, 0.717) is 28.8 Å². The molecular formula is C19H22BrNO4S2. The first-order chi connectivity index (χ1) is 12.9. The molecule has 5 nitrogen and oxygen atoms in total. The number of thiocarbonyl (C=S) groups is 1. The Bertz CT molecular complexity index is 751. The molecule has 1 aliphatic heterocycles. The number of thioether (sulfide) groups is 1. The Balaban J connectivity index is 2.05. The Morgan fingerprint density at radius 2 is 2.15 bits per heavy atom. The Kier molecular flexibility index (Phi) is 8.79. The van der Waals surface area contributed by atoms with Crippen LogP contribution in [0.15, 0.2) is 27.6 Å². The van der Waals surface area contributed by atoms with Gasteiger partial charge in [-0.1, -0.05) is 53.3 Å². The zero-order valence-corrected chi connectivity index (χ0v) is 18.3. The number of hydrogen-bond acceptors (Lipinski definition) is 5. The fraction of sp³-hybridized carbons (Fsp3) is 0.421. The van der Waals surface area contributed by atoms with Crippen LogP contribution in [0.3, 0.4) is 0 Å². The van der Waals surface area contributed by atoms with Gasteiger partial charge in [-0.3, -0.25) is 14.5 Å². The number of carboxylic acids is 1. The highest BCUT2D eigenvalue weighted by Crippen LogP contribution is 2.35. The molecule has 0 aromatic heterocycles. The third-order valence-corrected chi connectivity index (χ3v) is 5.74. The second-order valence-corrected chi connectivity index (χ2v) is 8.66. The fourth-order valence-electron chi connectivity index (χ4n) is 2.53. The molecule has 27 heavy (non-hydrogen) atoms. The van der Waals surface area contributed by atoms with Gasteiger partial charge in [0.15, 0.2) is 0 Å². The van der Waals surface area contributed by atoms with Crippen molar-refractivity contribution in [2.45, 2.75) is 39.0 Å². The van der Waals surface area contributed by atoms with Gasteiger partial charge in [-0.2, -0.15) is 0 Å². The van der Waals surface area contributed by atoms with Gasteiger partial charge in [0.05, 0.1) is 11.5 Å². The Morgan fingerprint density at radius 3 is 2.85 bits per heavy atom. The van der Waals surface area contributed by atoms with Crippen molar-refractivity contribution in [2.24, 2.45) is 0 Å². The second-order valence-electron chi connectivity index (χ2n) is 6.07. The maximum atomic E-state index is 12.7. The lowest BCUT2D eigenvalue weighted by atomic mass is 10.1. The van der Waals surface area contributed by atoms with Gasteiger partial charge in [0, 0.05) is 23.0 Å². The number of rotatable bonds is 10. The minimum atomic E-state index is -0.793. The highest BCUT2D eigenvalue weighted by molar-refractivity contribution is 9.10. The first kappa shape index (κ1) is 21.9. The Morgan fingerprint density at radius 1 is 1.37 bits per heavy atom. The van der Waals surface area contributed by atoms with E-state index in [1.807, 2.05) is 31.2 Å². The zero-order valence-electron chi connectivity index (χ0n) is 15.1. The minimum Gasteiger partial charge on any atom is -0.493 e. The molecule has 1 N–H and O–H groups in total. The van der Waals surface area contributed by atoms with Crippen molar-refractivity contribution in [2.75, 3.05) is 13.2 Å². The smallest absolute Gasteiger partial charge is 0.303 e. The van der Waals surface area contributed by atoms with Gasteiger partial charge in [-0.15, -0.1) is 0 Å². The number of halogens is 1. The van der Waals surface area contributed by atoms with Crippen molar-refractivity contribution in [1.82, 2.24) is 4.90 Å². The first-order valence-electron chi connectivity index (χ1n) is 8.82. The van der Waals surface area contributed by atoms with Gasteiger partial charge in [0.2, 0.25) is 0 Å². The van der Waals surface area contributed by atoms with Crippen molar-refractivity contribution in [3.05, 3.63) is 33.1 Å². The van der Waals surface area contributed by atoms with Crippen molar-refractivity contribution in [3.63, 3.8) is 0 Å². The number of hydrogen-bond donors (Lipinski definition) is 1. The molecule has 146 valence electrons. The van der Waals surface area contributed by atoms with E-state index < -0.39 is 5.97 Å². The van der Waals surface area contributed by atoms with E-state index in [1.54, 1.807) is 4.90 Å². The molecule has 2 rings (SSSR count). The maximum absolute atomic E-state index is 12.7. The first-order valence-corrected chi connectivity index (χ1v) is 10.8. The average molecular weight is 472 g/mol. The summed E-state index contributed by atoms with van der Waals surface area (Å²) in [6.07, 6.45) is 4.97. The molecule has 0 unspecified atom stereocenters. The van der Waals surface area contributed by atoms with E-state index in [1.165, 1.54) is 11.8 Å². The SMILES string of the molecule is CCCOc1ccc(Br)cc1/C=C1\SC(=S)N(CCCCCC(=O)O)C1=O. The lowest BCUT2D eigenvalue weighted by Crippen LogP contribution is -2.29. The fourth-order valence-corrected chi connectivity index (χ4v) is 4.21. The van der Waals surface area contributed by atoms with Crippen LogP contribution in [-0.4, -0.2) is 39.4 Å². The molecule has 1 aromatic carbocycles. The Hall–Kier alpha value is -1.38. The summed E-state index contributed by atoms with van der Waals surface area (Å²) >= 11 is 10.1. The zero-order chi connectivity index (χ0) is 19.8. The lowest BCUT2D eigenvalue weighted by Gasteiger charge is -2.14. The van der Waals surface area contributed by atoms with E-state index in [2.05, 4.69) is 15.9 Å². The summed E-state index contributed by atoms with van der Waals surface area (Å²) < 4.78 is 7.22. The molecule has 0 spiro atoms.